The molecule has 88 valence electrons. The number of fused-ring (bicyclic) bond motifs is 2. The first-order valence-corrected chi connectivity index (χ1v) is 5.42. The Labute approximate surface area is 93.7 Å². The highest BCUT2D eigenvalue weighted by molar-refractivity contribution is 5.76. The first-order chi connectivity index (χ1) is 7.65. The molecule has 5 heteroatoms. The van der Waals surface area contributed by atoms with E-state index >= 15 is 0 Å². The summed E-state index contributed by atoms with van der Waals surface area (Å²) in [6, 6.07) is -0.181. The van der Waals surface area contributed by atoms with Crippen LogP contribution in [0.25, 0.3) is 0 Å². The number of nitrogens with zero attached hydrogens (tertiary/aromatic N) is 1. The maximum absolute atomic E-state index is 11.6. The molecule has 2 bridgehead atoms. The second-order valence-electron chi connectivity index (χ2n) is 4.29. The number of piperidine rings is 1. The lowest BCUT2D eigenvalue weighted by molar-refractivity contribution is -0.142. The predicted octanol–water partition coefficient (Wildman–Crippen LogP) is 1.10. The quantitative estimate of drug-likeness (QED) is 0.730. The molecule has 0 spiro atoms. The lowest BCUT2D eigenvalue weighted by Crippen LogP contribution is -2.39. The summed E-state index contributed by atoms with van der Waals surface area (Å²) in [5, 5.41) is 9.07. The van der Waals surface area contributed by atoms with Crippen molar-refractivity contribution in [2.24, 2.45) is 11.8 Å². The van der Waals surface area contributed by atoms with Crippen LogP contribution >= 0.6 is 0 Å². The molecule has 1 aliphatic carbocycles. The minimum atomic E-state index is -0.800. The smallest absolute Gasteiger partial charge is 0.410 e. The van der Waals surface area contributed by atoms with E-state index in [0.717, 1.165) is 12.8 Å². The molecule has 0 radical (unpaired) electrons. The van der Waals surface area contributed by atoms with E-state index in [1.54, 1.807) is 4.90 Å². The number of carboxylic acid groups (broad SMARTS) is 1. The molecule has 0 aromatic carbocycles. The second-order valence-corrected chi connectivity index (χ2v) is 4.29. The highest BCUT2D eigenvalue weighted by Crippen LogP contribution is 2.43. The summed E-state index contributed by atoms with van der Waals surface area (Å²) in [6.07, 6.45) is 2.75. The molecular weight excluding hydrogens is 210 g/mol. The third-order valence-electron chi connectivity index (χ3n) is 3.43. The number of hydrogen-bond acceptors (Lipinski definition) is 3. The fourth-order valence-corrected chi connectivity index (χ4v) is 2.79. The van der Waals surface area contributed by atoms with Gasteiger partial charge in [-0.1, -0.05) is 12.7 Å². The number of amides is 1. The lowest BCUT2D eigenvalue weighted by atomic mass is 9.99. The van der Waals surface area contributed by atoms with Crippen LogP contribution in [0.3, 0.4) is 0 Å². The molecule has 2 rings (SSSR count). The van der Waals surface area contributed by atoms with Crippen LogP contribution < -0.4 is 0 Å². The van der Waals surface area contributed by atoms with Crippen LogP contribution in [0.5, 0.6) is 0 Å². The fraction of sp³-hybridized carbons (Fsp3) is 0.636. The Hall–Kier alpha value is -1.52. The Bertz CT molecular complexity index is 328. The molecule has 1 amide bonds. The highest BCUT2D eigenvalue weighted by atomic mass is 16.6. The van der Waals surface area contributed by atoms with Crippen molar-refractivity contribution < 1.29 is 19.4 Å². The molecule has 16 heavy (non-hydrogen) atoms. The third kappa shape index (κ3) is 1.66. The van der Waals surface area contributed by atoms with Crippen LogP contribution in [-0.2, 0) is 9.53 Å². The number of carboxylic acids is 1. The van der Waals surface area contributed by atoms with Gasteiger partial charge in [-0.05, 0) is 18.8 Å². The van der Waals surface area contributed by atoms with Crippen LogP contribution in [0.15, 0.2) is 12.7 Å². The predicted molar refractivity (Wildman–Crippen MR) is 55.9 cm³/mol. The van der Waals surface area contributed by atoms with Crippen LogP contribution in [-0.4, -0.2) is 41.3 Å². The van der Waals surface area contributed by atoms with Crippen LogP contribution in [0.1, 0.15) is 12.8 Å². The van der Waals surface area contributed by atoms with E-state index in [2.05, 4.69) is 6.58 Å². The van der Waals surface area contributed by atoms with Crippen molar-refractivity contribution >= 4 is 12.1 Å². The van der Waals surface area contributed by atoms with Crippen LogP contribution in [0, 0.1) is 11.8 Å². The van der Waals surface area contributed by atoms with Gasteiger partial charge in [-0.15, -0.1) is 0 Å². The summed E-state index contributed by atoms with van der Waals surface area (Å²) in [5.41, 5.74) is 0. The normalized spacial score (nSPS) is 31.5. The standard InChI is InChI=1S/C11H15NO4/c1-2-5-16-11(15)12-6-7-3-4-8(12)9(7)10(13)14/h2,7-9H,1,3-6H2,(H,13,14)/t7-,8-,9-/m0/s1. The molecular formula is C11H15NO4. The maximum Gasteiger partial charge on any atom is 0.410 e. The average molecular weight is 225 g/mol. The number of carbonyl (C=O) groups excluding carboxylic acids is 1. The fourth-order valence-electron chi connectivity index (χ4n) is 2.79. The molecule has 0 unspecified atom stereocenters. The van der Waals surface area contributed by atoms with E-state index in [4.69, 9.17) is 9.84 Å². The van der Waals surface area contributed by atoms with Crippen molar-refractivity contribution in [2.45, 2.75) is 18.9 Å². The van der Waals surface area contributed by atoms with E-state index in [9.17, 15) is 9.59 Å². The summed E-state index contributed by atoms with van der Waals surface area (Å²) < 4.78 is 4.93. The van der Waals surface area contributed by atoms with E-state index in [1.807, 2.05) is 0 Å². The molecule has 2 fully saturated rings. The molecule has 1 saturated heterocycles. The first kappa shape index (κ1) is 11.0. The zero-order valence-electron chi connectivity index (χ0n) is 8.96. The zero-order chi connectivity index (χ0) is 11.7. The molecule has 1 aliphatic heterocycles. The van der Waals surface area contributed by atoms with E-state index in [0.29, 0.717) is 6.54 Å². The third-order valence-corrected chi connectivity index (χ3v) is 3.43. The summed E-state index contributed by atoms with van der Waals surface area (Å²) in [7, 11) is 0. The minimum Gasteiger partial charge on any atom is -0.481 e. The zero-order valence-corrected chi connectivity index (χ0v) is 8.96. The van der Waals surface area contributed by atoms with E-state index in [-0.39, 0.29) is 18.6 Å². The molecule has 1 saturated carbocycles. The molecule has 2 aliphatic rings. The van der Waals surface area contributed by atoms with E-state index < -0.39 is 18.0 Å². The van der Waals surface area contributed by atoms with Crippen LogP contribution in [0.2, 0.25) is 0 Å². The largest absolute Gasteiger partial charge is 0.481 e. The van der Waals surface area contributed by atoms with Gasteiger partial charge in [0.15, 0.2) is 0 Å². The lowest BCUT2D eigenvalue weighted by Gasteiger charge is -2.25. The monoisotopic (exact) mass is 225 g/mol. The molecule has 3 atom stereocenters. The SMILES string of the molecule is C=CCOC(=O)N1C[C@@H]2CC[C@H]1[C@H]2C(=O)O. The molecule has 0 aromatic heterocycles. The van der Waals surface area contributed by atoms with E-state index in [1.165, 1.54) is 6.08 Å². The summed E-state index contributed by atoms with van der Waals surface area (Å²) in [4.78, 5) is 24.2. The summed E-state index contributed by atoms with van der Waals surface area (Å²) in [6.45, 7) is 4.14. The topological polar surface area (TPSA) is 66.8 Å². The van der Waals surface area contributed by atoms with Gasteiger partial charge in [-0.3, -0.25) is 4.79 Å². The Morgan fingerprint density at radius 2 is 2.25 bits per heavy atom. The van der Waals surface area contributed by atoms with Gasteiger partial charge < -0.3 is 14.7 Å². The number of hydrogen-bond donors (Lipinski definition) is 1. The number of ether oxygens (including phenoxy) is 1. The molecule has 0 aromatic rings. The number of aliphatic carboxylic acids is 1. The van der Waals surface area contributed by atoms with Gasteiger partial charge in [0.25, 0.3) is 0 Å². The highest BCUT2D eigenvalue weighted by Gasteiger charge is 2.52. The Morgan fingerprint density at radius 1 is 1.50 bits per heavy atom. The number of likely N-dealkylation sites (tertiary alicyclic amines) is 1. The van der Waals surface area contributed by atoms with Crippen LogP contribution in [0.4, 0.5) is 4.79 Å². The molecule has 1 heterocycles. The average Bonchev–Trinajstić information content (AvgIpc) is 2.82. The van der Waals surface area contributed by atoms with Crippen molar-refractivity contribution in [1.29, 1.82) is 0 Å². The number of rotatable bonds is 3. The molecule has 1 N–H and O–H groups in total. The van der Waals surface area contributed by atoms with Crippen molar-refractivity contribution in [3.63, 3.8) is 0 Å². The Kier molecular flexibility index (Phi) is 2.85. The number of carbonyl (C=O) groups is 2. The Balaban J connectivity index is 2.02. The van der Waals surface area contributed by atoms with Gasteiger partial charge in [-0.2, -0.15) is 0 Å². The van der Waals surface area contributed by atoms with Gasteiger partial charge in [0.1, 0.15) is 6.61 Å². The summed E-state index contributed by atoms with van der Waals surface area (Å²) in [5.74, 6) is -1.11. The minimum absolute atomic E-state index is 0.0961. The van der Waals surface area contributed by atoms with Gasteiger partial charge >= 0.3 is 12.1 Å². The van der Waals surface area contributed by atoms with Gasteiger partial charge in [0, 0.05) is 12.6 Å². The maximum atomic E-state index is 11.6. The summed E-state index contributed by atoms with van der Waals surface area (Å²) >= 11 is 0. The Morgan fingerprint density at radius 3 is 2.81 bits per heavy atom. The first-order valence-electron chi connectivity index (χ1n) is 5.42. The van der Waals surface area contributed by atoms with Crippen molar-refractivity contribution in [1.82, 2.24) is 4.90 Å². The molecule has 5 nitrogen and oxygen atoms in total. The van der Waals surface area contributed by atoms with Gasteiger partial charge in [0.05, 0.1) is 5.92 Å². The van der Waals surface area contributed by atoms with Crippen molar-refractivity contribution in [3.8, 4) is 0 Å². The second kappa shape index (κ2) is 4.15. The van der Waals surface area contributed by atoms with Crippen molar-refractivity contribution in [3.05, 3.63) is 12.7 Å². The van der Waals surface area contributed by atoms with Crippen molar-refractivity contribution in [2.75, 3.05) is 13.2 Å². The van der Waals surface area contributed by atoms with Gasteiger partial charge in [-0.25, -0.2) is 4.79 Å². The van der Waals surface area contributed by atoms with Gasteiger partial charge in [0.2, 0.25) is 0 Å².